The lowest BCUT2D eigenvalue weighted by atomic mass is 10.1. The van der Waals surface area contributed by atoms with E-state index in [0.29, 0.717) is 19.3 Å². The summed E-state index contributed by atoms with van der Waals surface area (Å²) < 4.78 is 23.6. The summed E-state index contributed by atoms with van der Waals surface area (Å²) in [5.41, 5.74) is 0. The highest BCUT2D eigenvalue weighted by Crippen LogP contribution is 2.16. The highest BCUT2D eigenvalue weighted by molar-refractivity contribution is 7.91. The van der Waals surface area contributed by atoms with Gasteiger partial charge >= 0.3 is 0 Å². The van der Waals surface area contributed by atoms with Gasteiger partial charge in [-0.3, -0.25) is 4.79 Å². The Morgan fingerprint density at radius 1 is 1.17 bits per heavy atom. The molecule has 0 aromatic rings. The fourth-order valence-electron chi connectivity index (χ4n) is 2.46. The third kappa shape index (κ3) is 4.26. The van der Waals surface area contributed by atoms with Crippen LogP contribution in [0.3, 0.4) is 0 Å². The minimum atomic E-state index is -3.01. The molecule has 0 aromatic heterocycles. The summed E-state index contributed by atoms with van der Waals surface area (Å²) in [6.07, 6.45) is 4.81. The quantitative estimate of drug-likeness (QED) is 0.745. The zero-order chi connectivity index (χ0) is 13.6. The third-order valence-electron chi connectivity index (χ3n) is 3.75. The Labute approximate surface area is 111 Å². The lowest BCUT2D eigenvalue weighted by Gasteiger charge is -2.27. The molecule has 1 fully saturated rings. The smallest absolute Gasteiger partial charge is 0.222 e. The Balaban J connectivity index is 2.45. The second-order valence-electron chi connectivity index (χ2n) is 4.96. The van der Waals surface area contributed by atoms with E-state index in [4.69, 9.17) is 0 Å². The van der Waals surface area contributed by atoms with Gasteiger partial charge in [-0.05, 0) is 32.1 Å². The van der Waals surface area contributed by atoms with E-state index in [-0.39, 0.29) is 16.9 Å². The van der Waals surface area contributed by atoms with Crippen molar-refractivity contribution in [3.8, 4) is 0 Å². The van der Waals surface area contributed by atoms with Gasteiger partial charge in [0.25, 0.3) is 0 Å². The van der Waals surface area contributed by atoms with E-state index >= 15 is 0 Å². The number of carbonyl (C=O) groups is 1. The normalized spacial score (nSPS) is 18.7. The van der Waals surface area contributed by atoms with E-state index in [0.717, 1.165) is 25.9 Å². The van der Waals surface area contributed by atoms with Crippen LogP contribution in [0.15, 0.2) is 0 Å². The Morgan fingerprint density at radius 2 is 1.78 bits per heavy atom. The lowest BCUT2D eigenvalue weighted by Crippen LogP contribution is -2.36. The molecule has 0 aliphatic carbocycles. The molecule has 1 aliphatic rings. The van der Waals surface area contributed by atoms with Gasteiger partial charge in [0.15, 0.2) is 9.84 Å². The second kappa shape index (κ2) is 7.12. The van der Waals surface area contributed by atoms with Crippen LogP contribution < -0.4 is 0 Å². The number of hydrogen-bond donors (Lipinski definition) is 0. The van der Waals surface area contributed by atoms with Gasteiger partial charge in [0, 0.05) is 25.3 Å². The van der Waals surface area contributed by atoms with Gasteiger partial charge in [0.2, 0.25) is 5.91 Å². The minimum Gasteiger partial charge on any atom is -0.343 e. The van der Waals surface area contributed by atoms with Crippen LogP contribution in [-0.4, -0.2) is 43.3 Å². The first-order valence-corrected chi connectivity index (χ1v) is 8.72. The zero-order valence-electron chi connectivity index (χ0n) is 11.5. The van der Waals surface area contributed by atoms with Gasteiger partial charge in [-0.2, -0.15) is 0 Å². The molecule has 0 aromatic carbocycles. The number of amides is 1. The lowest BCUT2D eigenvalue weighted by molar-refractivity contribution is -0.132. The van der Waals surface area contributed by atoms with Gasteiger partial charge in [-0.25, -0.2) is 8.42 Å². The topological polar surface area (TPSA) is 54.5 Å². The molecule has 0 N–H and O–H groups in total. The van der Waals surface area contributed by atoms with Crippen molar-refractivity contribution in [3.05, 3.63) is 0 Å². The highest BCUT2D eigenvalue weighted by Gasteiger charge is 2.24. The summed E-state index contributed by atoms with van der Waals surface area (Å²) >= 11 is 0. The summed E-state index contributed by atoms with van der Waals surface area (Å²) in [5, 5.41) is -0.351. The monoisotopic (exact) mass is 275 g/mol. The van der Waals surface area contributed by atoms with Gasteiger partial charge < -0.3 is 4.90 Å². The number of rotatable bonds is 6. The predicted molar refractivity (Wildman–Crippen MR) is 73.2 cm³/mol. The van der Waals surface area contributed by atoms with Crippen LogP contribution in [-0.2, 0) is 14.6 Å². The Bertz CT molecular complexity index is 358. The van der Waals surface area contributed by atoms with Crippen LogP contribution in [0.1, 0.15) is 52.4 Å². The molecular weight excluding hydrogens is 250 g/mol. The van der Waals surface area contributed by atoms with Crippen molar-refractivity contribution < 1.29 is 13.2 Å². The van der Waals surface area contributed by atoms with Crippen molar-refractivity contribution in [1.82, 2.24) is 4.90 Å². The molecule has 5 heteroatoms. The van der Waals surface area contributed by atoms with Crippen LogP contribution in [0, 0.1) is 0 Å². The summed E-state index contributed by atoms with van der Waals surface area (Å²) in [5.74, 6) is 0.295. The number of carbonyl (C=O) groups excluding carboxylic acids is 1. The summed E-state index contributed by atoms with van der Waals surface area (Å²) in [7, 11) is -3.01. The van der Waals surface area contributed by atoms with E-state index < -0.39 is 9.84 Å². The molecule has 0 spiro atoms. The van der Waals surface area contributed by atoms with Crippen molar-refractivity contribution in [1.29, 1.82) is 0 Å². The van der Waals surface area contributed by atoms with Crippen molar-refractivity contribution in [2.24, 2.45) is 0 Å². The van der Waals surface area contributed by atoms with Gasteiger partial charge in [0.1, 0.15) is 0 Å². The largest absolute Gasteiger partial charge is 0.343 e. The second-order valence-corrected chi connectivity index (χ2v) is 7.53. The molecule has 0 bridgehead atoms. The first-order valence-electron chi connectivity index (χ1n) is 7.00. The van der Waals surface area contributed by atoms with Gasteiger partial charge in [0.05, 0.1) is 5.25 Å². The zero-order valence-corrected chi connectivity index (χ0v) is 12.3. The van der Waals surface area contributed by atoms with E-state index in [1.807, 2.05) is 11.8 Å². The van der Waals surface area contributed by atoms with Crippen molar-refractivity contribution in [2.45, 2.75) is 57.6 Å². The number of piperidine rings is 1. The molecule has 106 valence electrons. The summed E-state index contributed by atoms with van der Waals surface area (Å²) in [6.45, 7) is 5.24. The van der Waals surface area contributed by atoms with Crippen molar-refractivity contribution >= 4 is 15.7 Å². The number of hydrogen-bond acceptors (Lipinski definition) is 3. The van der Waals surface area contributed by atoms with E-state index in [2.05, 4.69) is 0 Å². The fraction of sp³-hybridized carbons (Fsp3) is 0.923. The van der Waals surface area contributed by atoms with Crippen LogP contribution in [0.25, 0.3) is 0 Å². The van der Waals surface area contributed by atoms with Gasteiger partial charge in [-0.15, -0.1) is 0 Å². The first kappa shape index (κ1) is 15.5. The molecule has 0 saturated carbocycles. The fourth-order valence-corrected chi connectivity index (χ4v) is 3.92. The number of likely N-dealkylation sites (tertiary alicyclic amines) is 1. The SMILES string of the molecule is CCC(CCC(=O)N1CCCCC1)S(=O)(=O)CC. The van der Waals surface area contributed by atoms with Gasteiger partial charge in [-0.1, -0.05) is 13.8 Å². The van der Waals surface area contributed by atoms with Crippen LogP contribution in [0.5, 0.6) is 0 Å². The molecule has 0 radical (unpaired) electrons. The molecule has 1 rings (SSSR count). The van der Waals surface area contributed by atoms with Crippen LogP contribution >= 0.6 is 0 Å². The molecule has 1 atom stereocenters. The molecular formula is C13H25NO3S. The molecule has 1 unspecified atom stereocenters. The van der Waals surface area contributed by atoms with Crippen LogP contribution in [0.2, 0.25) is 0 Å². The Hall–Kier alpha value is -0.580. The first-order chi connectivity index (χ1) is 8.51. The van der Waals surface area contributed by atoms with Crippen LogP contribution in [0.4, 0.5) is 0 Å². The maximum Gasteiger partial charge on any atom is 0.222 e. The molecule has 4 nitrogen and oxygen atoms in total. The van der Waals surface area contributed by atoms with Crippen molar-refractivity contribution in [3.63, 3.8) is 0 Å². The van der Waals surface area contributed by atoms with Crippen molar-refractivity contribution in [2.75, 3.05) is 18.8 Å². The molecule has 1 amide bonds. The minimum absolute atomic E-state index is 0.124. The summed E-state index contributed by atoms with van der Waals surface area (Å²) in [6, 6.07) is 0. The maximum atomic E-state index is 12.0. The standard InChI is InChI=1S/C13H25NO3S/c1-3-12(18(16,17)4-2)8-9-13(15)14-10-6-5-7-11-14/h12H,3-11H2,1-2H3. The Morgan fingerprint density at radius 3 is 2.28 bits per heavy atom. The number of sulfone groups is 1. The third-order valence-corrected chi connectivity index (χ3v) is 6.14. The molecule has 1 saturated heterocycles. The molecule has 1 aliphatic heterocycles. The Kier molecular flexibility index (Phi) is 6.12. The number of nitrogens with zero attached hydrogens (tertiary/aromatic N) is 1. The van der Waals surface area contributed by atoms with E-state index in [9.17, 15) is 13.2 Å². The molecule has 1 heterocycles. The maximum absolute atomic E-state index is 12.0. The van der Waals surface area contributed by atoms with E-state index in [1.54, 1.807) is 6.92 Å². The summed E-state index contributed by atoms with van der Waals surface area (Å²) in [4.78, 5) is 13.8. The highest BCUT2D eigenvalue weighted by atomic mass is 32.2. The predicted octanol–water partition coefficient (Wildman–Crippen LogP) is 1.99. The average Bonchev–Trinajstić information content (AvgIpc) is 2.40. The average molecular weight is 275 g/mol. The molecule has 18 heavy (non-hydrogen) atoms. The van der Waals surface area contributed by atoms with E-state index in [1.165, 1.54) is 6.42 Å².